The molecule has 10 nitrogen and oxygen atoms in total. The number of nitrogens with zero attached hydrogens (tertiary/aromatic N) is 4. The highest BCUT2D eigenvalue weighted by Gasteiger charge is 2.26. The molecule has 2 N–H and O–H groups in total. The second kappa shape index (κ2) is 12.4. The van der Waals surface area contributed by atoms with E-state index in [9.17, 15) is 14.7 Å². The number of hydrogen-bond donors (Lipinski definition) is 2. The maximum atomic E-state index is 12.5. The fraction of sp³-hybridized carbons (Fsp3) is 0.552. The highest BCUT2D eigenvalue weighted by Crippen LogP contribution is 2.27. The van der Waals surface area contributed by atoms with Crippen molar-refractivity contribution in [1.29, 1.82) is 0 Å². The van der Waals surface area contributed by atoms with Gasteiger partial charge < -0.3 is 23.7 Å². The predicted molar refractivity (Wildman–Crippen MR) is 150 cm³/mol. The zero-order valence-corrected chi connectivity index (χ0v) is 23.8. The number of benzene rings is 1. The molecule has 4 rings (SSSR count). The Morgan fingerprint density at radius 3 is 2.69 bits per heavy atom. The van der Waals surface area contributed by atoms with Crippen LogP contribution in [0.1, 0.15) is 31.9 Å². The number of aromatic nitrogens is 3. The molecular formula is C29H41N5O5. The molecule has 1 fully saturated rings. The average molecular weight is 540 g/mol. The molecule has 3 atom stereocenters. The largest absolute Gasteiger partial charge is 0.464 e. The molecule has 1 aliphatic rings. The number of nitrogens with one attached hydrogen (secondary N) is 1. The van der Waals surface area contributed by atoms with Gasteiger partial charge in [-0.2, -0.15) is 0 Å². The Kier molecular flexibility index (Phi) is 9.22. The molecule has 0 radical (unpaired) electrons. The molecule has 3 heterocycles. The van der Waals surface area contributed by atoms with Crippen LogP contribution in [0.15, 0.2) is 35.3 Å². The standard InChI is InChI=1S/C29H41N5O5/c1-18(2)16-39-29(37)26(20(4)35)30-13-21-7-8-25-24(12-21)31-27(22-11-19(3)28(36)33(6)14-22)34(25)15-23-17-38-10-9-32(23)5/h7-8,11-12,14,18,20,23,26,30,35H,9-10,13,15-17H2,1-6H3. The number of imidazole rings is 1. The Bertz CT molecular complexity index is 1340. The first-order valence-electron chi connectivity index (χ1n) is 13.6. The summed E-state index contributed by atoms with van der Waals surface area (Å²) in [6.45, 7) is 10.9. The van der Waals surface area contributed by atoms with Gasteiger partial charge in [-0.25, -0.2) is 4.98 Å². The van der Waals surface area contributed by atoms with Crippen molar-refractivity contribution >= 4 is 17.0 Å². The minimum atomic E-state index is -0.901. The summed E-state index contributed by atoms with van der Waals surface area (Å²) < 4.78 is 14.9. The third kappa shape index (κ3) is 6.75. The van der Waals surface area contributed by atoms with Crippen LogP contribution in [0.5, 0.6) is 0 Å². The summed E-state index contributed by atoms with van der Waals surface area (Å²) in [4.78, 5) is 32.2. The number of aliphatic hydroxyl groups excluding tert-OH is 1. The molecule has 1 aliphatic heterocycles. The highest BCUT2D eigenvalue weighted by molar-refractivity contribution is 5.81. The number of morpholine rings is 1. The van der Waals surface area contributed by atoms with E-state index in [1.807, 2.05) is 51.2 Å². The molecule has 212 valence electrons. The van der Waals surface area contributed by atoms with Crippen molar-refractivity contribution in [2.75, 3.05) is 33.4 Å². The van der Waals surface area contributed by atoms with Crippen molar-refractivity contribution in [3.8, 4) is 11.4 Å². The van der Waals surface area contributed by atoms with E-state index in [1.54, 1.807) is 18.5 Å². The zero-order chi connectivity index (χ0) is 28.3. The van der Waals surface area contributed by atoms with Crippen molar-refractivity contribution in [2.45, 2.75) is 59.0 Å². The fourth-order valence-corrected chi connectivity index (χ4v) is 4.85. The van der Waals surface area contributed by atoms with Crippen LogP contribution in [0, 0.1) is 12.8 Å². The van der Waals surface area contributed by atoms with Crippen LogP contribution < -0.4 is 10.9 Å². The van der Waals surface area contributed by atoms with Crippen LogP contribution in [0.3, 0.4) is 0 Å². The van der Waals surface area contributed by atoms with Gasteiger partial charge in [0, 0.05) is 44.0 Å². The summed E-state index contributed by atoms with van der Waals surface area (Å²) in [5.74, 6) is 0.535. The number of esters is 1. The lowest BCUT2D eigenvalue weighted by atomic mass is 10.1. The van der Waals surface area contributed by atoms with Crippen molar-refractivity contribution in [2.24, 2.45) is 13.0 Å². The maximum Gasteiger partial charge on any atom is 0.325 e. The lowest BCUT2D eigenvalue weighted by Gasteiger charge is -2.33. The Balaban J connectivity index is 1.66. The number of pyridine rings is 1. The van der Waals surface area contributed by atoms with Gasteiger partial charge in [0.2, 0.25) is 0 Å². The number of aliphatic hydroxyl groups is 1. The quantitative estimate of drug-likeness (QED) is 0.377. The number of fused-ring (bicyclic) bond motifs is 1. The van der Waals surface area contributed by atoms with Gasteiger partial charge in [0.1, 0.15) is 11.9 Å². The number of likely N-dealkylation sites (N-methyl/N-ethyl adjacent to an activating group) is 1. The minimum Gasteiger partial charge on any atom is -0.464 e. The first kappa shape index (κ1) is 28.9. The monoisotopic (exact) mass is 539 g/mol. The third-order valence-corrected chi connectivity index (χ3v) is 7.17. The van der Waals surface area contributed by atoms with E-state index in [1.165, 1.54) is 0 Å². The van der Waals surface area contributed by atoms with Crippen LogP contribution in [0.2, 0.25) is 0 Å². The van der Waals surface area contributed by atoms with Crippen molar-refractivity contribution in [3.63, 3.8) is 0 Å². The summed E-state index contributed by atoms with van der Waals surface area (Å²) in [5.41, 5.74) is 4.21. The van der Waals surface area contributed by atoms with Crippen LogP contribution in [0.25, 0.3) is 22.4 Å². The van der Waals surface area contributed by atoms with E-state index in [2.05, 4.69) is 21.8 Å². The summed E-state index contributed by atoms with van der Waals surface area (Å²) in [7, 11) is 3.86. The molecular weight excluding hydrogens is 498 g/mol. The van der Waals surface area contributed by atoms with E-state index in [0.717, 1.165) is 41.1 Å². The molecule has 10 heteroatoms. The van der Waals surface area contributed by atoms with Crippen molar-refractivity contribution < 1.29 is 19.4 Å². The smallest absolute Gasteiger partial charge is 0.325 e. The topological polar surface area (TPSA) is 111 Å². The molecule has 0 aliphatic carbocycles. The average Bonchev–Trinajstić information content (AvgIpc) is 3.24. The van der Waals surface area contributed by atoms with Gasteiger partial charge in [-0.15, -0.1) is 0 Å². The molecule has 3 aromatic rings. The minimum absolute atomic E-state index is 0.0326. The Morgan fingerprint density at radius 1 is 1.26 bits per heavy atom. The number of carbonyl (C=O) groups is 1. The molecule has 1 saturated heterocycles. The van der Waals surface area contributed by atoms with E-state index in [-0.39, 0.29) is 17.5 Å². The van der Waals surface area contributed by atoms with Gasteiger partial charge >= 0.3 is 5.97 Å². The summed E-state index contributed by atoms with van der Waals surface area (Å²) in [6, 6.07) is 7.28. The summed E-state index contributed by atoms with van der Waals surface area (Å²) in [5, 5.41) is 13.3. The van der Waals surface area contributed by atoms with E-state index in [0.29, 0.717) is 31.9 Å². The van der Waals surface area contributed by atoms with Crippen LogP contribution in [-0.4, -0.2) is 81.7 Å². The molecule has 2 aromatic heterocycles. The van der Waals surface area contributed by atoms with E-state index < -0.39 is 18.1 Å². The normalized spacial score (nSPS) is 18.0. The number of hydrogen-bond acceptors (Lipinski definition) is 8. The molecule has 1 aromatic carbocycles. The number of aryl methyl sites for hydroxylation is 2. The number of rotatable bonds is 10. The van der Waals surface area contributed by atoms with E-state index >= 15 is 0 Å². The van der Waals surface area contributed by atoms with Gasteiger partial charge in [0.25, 0.3) is 5.56 Å². The van der Waals surface area contributed by atoms with Gasteiger partial charge in [0.15, 0.2) is 0 Å². The summed E-state index contributed by atoms with van der Waals surface area (Å²) >= 11 is 0. The molecule has 39 heavy (non-hydrogen) atoms. The molecule has 3 unspecified atom stereocenters. The molecule has 0 spiro atoms. The zero-order valence-electron chi connectivity index (χ0n) is 23.8. The Morgan fingerprint density at radius 2 is 2.03 bits per heavy atom. The lowest BCUT2D eigenvalue weighted by Crippen LogP contribution is -2.45. The van der Waals surface area contributed by atoms with Gasteiger partial charge in [0.05, 0.1) is 43.0 Å². The summed E-state index contributed by atoms with van der Waals surface area (Å²) in [6.07, 6.45) is 0.925. The van der Waals surface area contributed by atoms with Crippen LogP contribution in [-0.2, 0) is 34.4 Å². The maximum absolute atomic E-state index is 12.5. The van der Waals surface area contributed by atoms with Crippen LogP contribution >= 0.6 is 0 Å². The molecule has 0 bridgehead atoms. The van der Waals surface area contributed by atoms with Crippen molar-refractivity contribution in [3.05, 3.63) is 51.9 Å². The van der Waals surface area contributed by atoms with Gasteiger partial charge in [-0.05, 0) is 50.6 Å². The highest BCUT2D eigenvalue weighted by atomic mass is 16.5. The lowest BCUT2D eigenvalue weighted by molar-refractivity contribution is -0.150. The first-order valence-corrected chi connectivity index (χ1v) is 13.6. The van der Waals surface area contributed by atoms with Gasteiger partial charge in [-0.1, -0.05) is 19.9 Å². The Hall–Kier alpha value is -3.05. The van der Waals surface area contributed by atoms with Crippen molar-refractivity contribution in [1.82, 2.24) is 24.3 Å². The first-order chi connectivity index (χ1) is 18.5. The molecule has 0 saturated carbocycles. The van der Waals surface area contributed by atoms with Crippen LogP contribution in [0.4, 0.5) is 0 Å². The predicted octanol–water partition coefficient (Wildman–Crippen LogP) is 2.08. The SMILES string of the molecule is Cc1cc(-c2nc3cc(CNC(C(=O)OCC(C)C)C(C)O)ccc3n2CC2COCCN2C)cn(C)c1=O. The second-order valence-electron chi connectivity index (χ2n) is 11.0. The van der Waals surface area contributed by atoms with Gasteiger partial charge in [-0.3, -0.25) is 19.8 Å². The van der Waals surface area contributed by atoms with E-state index in [4.69, 9.17) is 14.5 Å². The number of ether oxygens (including phenoxy) is 2. The second-order valence-corrected chi connectivity index (χ2v) is 11.0. The third-order valence-electron chi connectivity index (χ3n) is 7.17. The Labute approximate surface area is 229 Å². The fourth-order valence-electron chi connectivity index (χ4n) is 4.85. The molecule has 0 amide bonds. The number of carbonyl (C=O) groups excluding carboxylic acids is 1.